The van der Waals surface area contributed by atoms with Gasteiger partial charge in [-0.15, -0.1) is 10.2 Å². The molecule has 0 radical (unpaired) electrons. The van der Waals surface area contributed by atoms with E-state index in [-0.39, 0.29) is 5.56 Å². The van der Waals surface area contributed by atoms with Crippen molar-refractivity contribution in [1.29, 1.82) is 0 Å². The lowest BCUT2D eigenvalue weighted by Gasteiger charge is -2.12. The molecule has 4 aromatic heterocycles. The summed E-state index contributed by atoms with van der Waals surface area (Å²) >= 11 is 5.06. The summed E-state index contributed by atoms with van der Waals surface area (Å²) in [4.78, 5) is 22.3. The molecule has 1 aliphatic heterocycles. The molecule has 0 spiro atoms. The molecule has 9 nitrogen and oxygen atoms in total. The lowest BCUT2D eigenvalue weighted by Crippen LogP contribution is -2.23. The van der Waals surface area contributed by atoms with Gasteiger partial charge >= 0.3 is 0 Å². The molecule has 32 heavy (non-hydrogen) atoms. The van der Waals surface area contributed by atoms with Gasteiger partial charge in [-0.25, -0.2) is 9.39 Å². The summed E-state index contributed by atoms with van der Waals surface area (Å²) in [6.07, 6.45) is 5.64. The lowest BCUT2D eigenvalue weighted by molar-refractivity contribution is 0.375. The Hall–Kier alpha value is -2.66. The Morgan fingerprint density at radius 3 is 2.94 bits per heavy atom. The molecule has 4 aromatic rings. The maximum absolute atomic E-state index is 13.2. The average Bonchev–Trinajstić information content (AvgIpc) is 3.56. The fourth-order valence-corrected chi connectivity index (χ4v) is 4.99. The number of rotatable bonds is 9. The van der Waals surface area contributed by atoms with Crippen molar-refractivity contribution in [2.75, 3.05) is 0 Å². The lowest BCUT2D eigenvalue weighted by atomic mass is 10.2. The molecule has 0 saturated heterocycles. The number of hydrogen-bond donors (Lipinski definition) is 0. The Balaban J connectivity index is 1.38. The van der Waals surface area contributed by atoms with Gasteiger partial charge in [-0.3, -0.25) is 9.36 Å². The smallest absolute Gasteiger partial charge is 0.266 e. The van der Waals surface area contributed by atoms with Crippen molar-refractivity contribution in [2.45, 2.75) is 58.4 Å². The second-order valence-electron chi connectivity index (χ2n) is 7.76. The molecule has 0 fully saturated rings. The van der Waals surface area contributed by atoms with Gasteiger partial charge in [0.05, 0.1) is 10.2 Å². The first-order valence-electron chi connectivity index (χ1n) is 10.7. The van der Waals surface area contributed by atoms with E-state index in [1.165, 1.54) is 0 Å². The first-order chi connectivity index (χ1) is 15.7. The highest BCUT2D eigenvalue weighted by atomic mass is 79.9. The van der Waals surface area contributed by atoms with Crippen molar-refractivity contribution in [3.63, 3.8) is 0 Å². The highest BCUT2D eigenvalue weighted by Crippen LogP contribution is 2.28. The third kappa shape index (κ3) is 3.95. The number of halogens is 1. The Morgan fingerprint density at radius 1 is 1.22 bits per heavy atom. The monoisotopic (exact) mass is 515 g/mol. The molecule has 0 bridgehead atoms. The number of hydrogen-bond acceptors (Lipinski definition) is 8. The maximum Gasteiger partial charge on any atom is 0.266 e. The van der Waals surface area contributed by atoms with Crippen LogP contribution in [0.5, 0.6) is 0 Å². The SMILES string of the molecule is CCCCCn1c2c(c(=O)n3c(CCCc4nc(-c5ccsc5)no4)nnc13)CC(Br)=N2. The summed E-state index contributed by atoms with van der Waals surface area (Å²) in [5.74, 6) is 3.10. The summed E-state index contributed by atoms with van der Waals surface area (Å²) in [5.41, 5.74) is 1.57. The number of aryl methyl sites for hydroxylation is 3. The van der Waals surface area contributed by atoms with E-state index in [2.05, 4.69) is 48.2 Å². The molecule has 0 N–H and O–H groups in total. The van der Waals surface area contributed by atoms with E-state index in [1.54, 1.807) is 15.7 Å². The van der Waals surface area contributed by atoms with Crippen molar-refractivity contribution in [2.24, 2.45) is 4.99 Å². The van der Waals surface area contributed by atoms with Gasteiger partial charge in [-0.05, 0) is 40.2 Å². The Labute approximate surface area is 196 Å². The molecule has 1 aliphatic rings. The molecule has 0 unspecified atom stereocenters. The van der Waals surface area contributed by atoms with Crippen LogP contribution in [0, 0.1) is 0 Å². The fraction of sp³-hybridized carbons (Fsp3) is 0.429. The topological polar surface area (TPSA) is 103 Å². The molecule has 11 heteroatoms. The second-order valence-corrected chi connectivity index (χ2v) is 9.46. The highest BCUT2D eigenvalue weighted by molar-refractivity contribution is 9.18. The molecule has 166 valence electrons. The highest BCUT2D eigenvalue weighted by Gasteiger charge is 2.25. The van der Waals surface area contributed by atoms with Gasteiger partial charge in [-0.2, -0.15) is 16.3 Å². The minimum Gasteiger partial charge on any atom is -0.339 e. The minimum atomic E-state index is -0.0857. The molecule has 5 rings (SSSR count). The third-order valence-corrected chi connectivity index (χ3v) is 6.66. The van der Waals surface area contributed by atoms with E-state index < -0.39 is 0 Å². The summed E-state index contributed by atoms with van der Waals surface area (Å²) in [6.45, 7) is 2.93. The second kappa shape index (κ2) is 9.07. The van der Waals surface area contributed by atoms with Crippen LogP contribution < -0.4 is 5.56 Å². The number of aromatic nitrogens is 6. The Morgan fingerprint density at radius 2 is 2.12 bits per heavy atom. The number of nitrogens with zero attached hydrogens (tertiary/aromatic N) is 7. The predicted molar refractivity (Wildman–Crippen MR) is 126 cm³/mol. The van der Waals surface area contributed by atoms with Crippen molar-refractivity contribution in [1.82, 2.24) is 29.3 Å². The molecular weight excluding hydrogens is 494 g/mol. The van der Waals surface area contributed by atoms with E-state index in [9.17, 15) is 4.79 Å². The molecule has 0 atom stereocenters. The van der Waals surface area contributed by atoms with Crippen LogP contribution in [0.2, 0.25) is 0 Å². The zero-order valence-corrected chi connectivity index (χ0v) is 20.0. The summed E-state index contributed by atoms with van der Waals surface area (Å²) < 4.78 is 9.83. The fourth-order valence-electron chi connectivity index (χ4n) is 3.91. The van der Waals surface area contributed by atoms with Gasteiger partial charge in [0.25, 0.3) is 5.56 Å². The van der Waals surface area contributed by atoms with E-state index in [1.807, 2.05) is 21.4 Å². The van der Waals surface area contributed by atoms with Crippen LogP contribution >= 0.6 is 27.3 Å². The molecule has 0 aromatic carbocycles. The normalized spacial score (nSPS) is 13.1. The first-order valence-corrected chi connectivity index (χ1v) is 12.5. The third-order valence-electron chi connectivity index (χ3n) is 5.51. The van der Waals surface area contributed by atoms with Gasteiger partial charge in [0.15, 0.2) is 0 Å². The van der Waals surface area contributed by atoms with Crippen LogP contribution in [0.3, 0.4) is 0 Å². The van der Waals surface area contributed by atoms with Crippen molar-refractivity contribution < 1.29 is 4.52 Å². The molecule has 5 heterocycles. The van der Waals surface area contributed by atoms with Gasteiger partial charge in [0.1, 0.15) is 11.6 Å². The van der Waals surface area contributed by atoms with Crippen LogP contribution in [0.4, 0.5) is 5.82 Å². The van der Waals surface area contributed by atoms with Gasteiger partial charge in [0, 0.05) is 36.8 Å². The quantitative estimate of drug-likeness (QED) is 0.307. The van der Waals surface area contributed by atoms with Crippen LogP contribution in [0.25, 0.3) is 17.2 Å². The van der Waals surface area contributed by atoms with Crippen LogP contribution in [-0.2, 0) is 25.8 Å². The Kier molecular flexibility index (Phi) is 6.01. The Bertz CT molecular complexity index is 1340. The summed E-state index contributed by atoms with van der Waals surface area (Å²) in [5, 5.41) is 16.7. The van der Waals surface area contributed by atoms with Crippen LogP contribution in [0.1, 0.15) is 49.9 Å². The van der Waals surface area contributed by atoms with Crippen molar-refractivity contribution in [3.05, 3.63) is 44.5 Å². The zero-order valence-electron chi connectivity index (χ0n) is 17.6. The van der Waals surface area contributed by atoms with E-state index >= 15 is 0 Å². The number of unbranched alkanes of at least 4 members (excludes halogenated alkanes) is 2. The van der Waals surface area contributed by atoms with Gasteiger partial charge in [-0.1, -0.05) is 24.9 Å². The average molecular weight is 516 g/mol. The van der Waals surface area contributed by atoms with Crippen molar-refractivity contribution in [3.8, 4) is 11.4 Å². The molecule has 0 saturated carbocycles. The number of fused-ring (bicyclic) bond motifs is 2. The maximum atomic E-state index is 13.2. The van der Waals surface area contributed by atoms with E-state index in [0.29, 0.717) is 54.0 Å². The standard InChI is InChI=1S/C21H22BrN7O2S/c1-2-3-4-9-28-19-14(11-15(22)23-19)20(30)29-16(25-26-21(28)29)6-5-7-17-24-18(27-31-17)13-8-10-32-12-13/h8,10,12H,2-7,9,11H2,1H3. The van der Waals surface area contributed by atoms with E-state index in [4.69, 9.17) is 4.52 Å². The van der Waals surface area contributed by atoms with Crippen LogP contribution in [-0.4, -0.2) is 33.9 Å². The summed E-state index contributed by atoms with van der Waals surface area (Å²) in [6, 6.07) is 1.97. The van der Waals surface area contributed by atoms with Gasteiger partial charge in [0.2, 0.25) is 17.5 Å². The first kappa shape index (κ1) is 21.2. The van der Waals surface area contributed by atoms with Crippen molar-refractivity contribution >= 4 is 43.5 Å². The number of aliphatic imine (C=N–C) groups is 1. The van der Waals surface area contributed by atoms with Gasteiger partial charge < -0.3 is 4.52 Å². The van der Waals surface area contributed by atoms with E-state index in [0.717, 1.165) is 42.4 Å². The molecule has 0 amide bonds. The minimum absolute atomic E-state index is 0.0857. The zero-order chi connectivity index (χ0) is 22.1. The summed E-state index contributed by atoms with van der Waals surface area (Å²) in [7, 11) is 0. The van der Waals surface area contributed by atoms with Crippen LogP contribution in [0.15, 0.2) is 31.1 Å². The molecular formula is C21H22BrN7O2S. The molecule has 0 aliphatic carbocycles. The number of thiophene rings is 1. The largest absolute Gasteiger partial charge is 0.339 e. The predicted octanol–water partition coefficient (Wildman–Crippen LogP) is 4.35.